The molecule has 0 bridgehead atoms. The van der Waals surface area contributed by atoms with Crippen LogP contribution < -0.4 is 20.3 Å². The lowest BCUT2D eigenvalue weighted by Crippen LogP contribution is -2.40. The van der Waals surface area contributed by atoms with E-state index in [1.165, 1.54) is 22.5 Å². The van der Waals surface area contributed by atoms with Crippen molar-refractivity contribution >= 4 is 21.6 Å². The normalized spacial score (nSPS) is 16.1. The number of nitrogens with zero attached hydrogens (tertiary/aromatic N) is 1. The molecular weight excluding hydrogens is 410 g/mol. The van der Waals surface area contributed by atoms with Crippen molar-refractivity contribution in [2.24, 2.45) is 0 Å². The van der Waals surface area contributed by atoms with Gasteiger partial charge in [-0.2, -0.15) is 4.31 Å². The number of hydrogen-bond donors (Lipinski definition) is 2. The smallest absolute Gasteiger partial charge is 0.269 e. The lowest BCUT2D eigenvalue weighted by atomic mass is 10.1. The molecule has 0 saturated carbocycles. The second-order valence-corrected chi connectivity index (χ2v) is 8.61. The van der Waals surface area contributed by atoms with E-state index in [9.17, 15) is 13.2 Å². The molecule has 0 spiro atoms. The number of amides is 1. The van der Waals surface area contributed by atoms with Crippen LogP contribution in [0.1, 0.15) is 15.9 Å². The van der Waals surface area contributed by atoms with E-state index in [2.05, 4.69) is 17.4 Å². The predicted molar refractivity (Wildman–Crippen MR) is 108 cm³/mol. The third-order valence-electron chi connectivity index (χ3n) is 4.75. The molecule has 2 N–H and O–H groups in total. The Kier molecular flexibility index (Phi) is 5.62. The van der Waals surface area contributed by atoms with Gasteiger partial charge in [-0.05, 0) is 36.4 Å². The number of morpholine rings is 1. The summed E-state index contributed by atoms with van der Waals surface area (Å²) in [6.07, 6.45) is 0. The zero-order chi connectivity index (χ0) is 21.1. The Hall–Kier alpha value is -3.08. The Bertz CT molecular complexity index is 1080. The highest BCUT2D eigenvalue weighted by Crippen LogP contribution is 2.33. The molecule has 2 aliphatic heterocycles. The maximum absolute atomic E-state index is 12.8. The summed E-state index contributed by atoms with van der Waals surface area (Å²) >= 11 is 0. The molecule has 1 fully saturated rings. The Morgan fingerprint density at radius 2 is 1.73 bits per heavy atom. The molecule has 2 aliphatic rings. The Morgan fingerprint density at radius 1 is 0.967 bits per heavy atom. The van der Waals surface area contributed by atoms with E-state index in [0.29, 0.717) is 36.0 Å². The number of hydrazine groups is 1. The topological polar surface area (TPSA) is 106 Å². The molecule has 9 nitrogen and oxygen atoms in total. The van der Waals surface area contributed by atoms with Crippen LogP contribution >= 0.6 is 0 Å². The van der Waals surface area contributed by atoms with Gasteiger partial charge in [0, 0.05) is 24.2 Å². The predicted octanol–water partition coefficient (Wildman–Crippen LogP) is 1.34. The van der Waals surface area contributed by atoms with Crippen LogP contribution in [0.5, 0.6) is 11.5 Å². The monoisotopic (exact) mass is 431 g/mol. The molecule has 30 heavy (non-hydrogen) atoms. The third-order valence-corrected chi connectivity index (χ3v) is 6.65. The average Bonchev–Trinajstić information content (AvgIpc) is 3.26. The fourth-order valence-corrected chi connectivity index (χ4v) is 4.55. The molecule has 10 heteroatoms. The van der Waals surface area contributed by atoms with Gasteiger partial charge in [-0.3, -0.25) is 15.6 Å². The lowest BCUT2D eigenvalue weighted by Gasteiger charge is -2.26. The van der Waals surface area contributed by atoms with Gasteiger partial charge < -0.3 is 14.2 Å². The van der Waals surface area contributed by atoms with Gasteiger partial charge in [-0.15, -0.1) is 0 Å². The van der Waals surface area contributed by atoms with Crippen LogP contribution in [-0.2, 0) is 14.8 Å². The minimum atomic E-state index is -3.69. The van der Waals surface area contributed by atoms with Crippen LogP contribution in [0.3, 0.4) is 0 Å². The second-order valence-electron chi connectivity index (χ2n) is 6.67. The highest BCUT2D eigenvalue weighted by atomic mass is 32.2. The van der Waals surface area contributed by atoms with Gasteiger partial charge in [0.15, 0.2) is 11.5 Å². The van der Waals surface area contributed by atoms with E-state index < -0.39 is 15.9 Å². The van der Waals surface area contributed by atoms with Crippen molar-refractivity contribution in [2.75, 3.05) is 33.1 Å². The van der Waals surface area contributed by atoms with Gasteiger partial charge in [0.1, 0.15) is 0 Å². The fourth-order valence-electron chi connectivity index (χ4n) is 3.09. The van der Waals surface area contributed by atoms with Crippen molar-refractivity contribution in [3.63, 3.8) is 0 Å². The number of ether oxygens (including phenoxy) is 3. The summed E-state index contributed by atoms with van der Waals surface area (Å²) in [4.78, 5) is 12.6. The molecule has 2 heterocycles. The zero-order valence-electron chi connectivity index (χ0n) is 16.1. The molecular formula is C20H21N3O6S. The van der Waals surface area contributed by atoms with Crippen LogP contribution in [0.25, 0.3) is 5.70 Å². The number of nitrogens with one attached hydrogen (secondary N) is 2. The molecule has 0 aliphatic carbocycles. The standard InChI is InChI=1S/C20H21N3O6S/c1-14(15-5-6-18-19(12-15)29-13-28-18)21-22-20(24)16-3-2-4-17(11-16)30(25,26)23-7-9-27-10-8-23/h2-6,11-12,21H,1,7-10,13H2,(H,22,24). The van der Waals surface area contributed by atoms with E-state index >= 15 is 0 Å². The number of carbonyl (C=O) groups is 1. The summed E-state index contributed by atoms with van der Waals surface area (Å²) in [5.41, 5.74) is 6.64. The maximum atomic E-state index is 12.8. The SMILES string of the molecule is C=C(NNC(=O)c1cccc(S(=O)(=O)N2CCOCC2)c1)c1ccc2c(c1)OCO2. The highest BCUT2D eigenvalue weighted by Gasteiger charge is 2.27. The van der Waals surface area contributed by atoms with E-state index in [4.69, 9.17) is 14.2 Å². The molecule has 0 unspecified atom stereocenters. The van der Waals surface area contributed by atoms with Crippen molar-refractivity contribution in [1.82, 2.24) is 15.2 Å². The largest absolute Gasteiger partial charge is 0.454 e. The Balaban J connectivity index is 1.42. The fraction of sp³-hybridized carbons (Fsp3) is 0.250. The number of rotatable bonds is 6. The lowest BCUT2D eigenvalue weighted by molar-refractivity contribution is 0.0730. The number of benzene rings is 2. The van der Waals surface area contributed by atoms with Gasteiger partial charge in [0.05, 0.1) is 23.8 Å². The quantitative estimate of drug-likeness (QED) is 0.665. The van der Waals surface area contributed by atoms with Gasteiger partial charge in [-0.25, -0.2) is 8.42 Å². The summed E-state index contributed by atoms with van der Waals surface area (Å²) in [5, 5.41) is 0. The summed E-state index contributed by atoms with van der Waals surface area (Å²) in [5.74, 6) is 0.757. The van der Waals surface area contributed by atoms with Crippen LogP contribution in [0.2, 0.25) is 0 Å². The van der Waals surface area contributed by atoms with Gasteiger partial charge in [0.25, 0.3) is 5.91 Å². The van der Waals surface area contributed by atoms with Crippen molar-refractivity contribution in [2.45, 2.75) is 4.90 Å². The van der Waals surface area contributed by atoms with Crippen LogP contribution in [0, 0.1) is 0 Å². The van der Waals surface area contributed by atoms with E-state index in [0.717, 1.165) is 0 Å². The first-order valence-corrected chi connectivity index (χ1v) is 10.7. The van der Waals surface area contributed by atoms with E-state index in [1.807, 2.05) is 0 Å². The van der Waals surface area contributed by atoms with Crippen molar-refractivity contribution in [3.05, 3.63) is 60.2 Å². The molecule has 1 amide bonds. The van der Waals surface area contributed by atoms with Crippen molar-refractivity contribution < 1.29 is 27.4 Å². The molecule has 0 radical (unpaired) electrons. The molecule has 2 aromatic carbocycles. The van der Waals surface area contributed by atoms with Crippen LogP contribution in [-0.4, -0.2) is 51.7 Å². The Morgan fingerprint density at radius 3 is 2.53 bits per heavy atom. The minimum Gasteiger partial charge on any atom is -0.454 e. The summed E-state index contributed by atoms with van der Waals surface area (Å²) in [7, 11) is -3.69. The minimum absolute atomic E-state index is 0.0617. The molecule has 158 valence electrons. The van der Waals surface area contributed by atoms with Crippen molar-refractivity contribution in [3.8, 4) is 11.5 Å². The average molecular weight is 431 g/mol. The maximum Gasteiger partial charge on any atom is 0.269 e. The number of sulfonamides is 1. The van der Waals surface area contributed by atoms with Gasteiger partial charge >= 0.3 is 0 Å². The molecule has 2 aromatic rings. The first-order valence-electron chi connectivity index (χ1n) is 9.28. The van der Waals surface area contributed by atoms with Gasteiger partial charge in [-0.1, -0.05) is 12.6 Å². The van der Waals surface area contributed by atoms with Crippen molar-refractivity contribution in [1.29, 1.82) is 0 Å². The zero-order valence-corrected chi connectivity index (χ0v) is 16.9. The third kappa shape index (κ3) is 4.11. The Labute approximate surface area is 174 Å². The molecule has 1 saturated heterocycles. The summed E-state index contributed by atoms with van der Waals surface area (Å²) in [6.45, 7) is 5.34. The van der Waals surface area contributed by atoms with E-state index in [-0.39, 0.29) is 30.3 Å². The van der Waals surface area contributed by atoms with E-state index in [1.54, 1.807) is 24.3 Å². The summed E-state index contributed by atoms with van der Waals surface area (Å²) < 4.78 is 42.7. The second kappa shape index (κ2) is 8.34. The highest BCUT2D eigenvalue weighted by molar-refractivity contribution is 7.89. The first-order chi connectivity index (χ1) is 14.4. The van der Waals surface area contributed by atoms with Crippen LogP contribution in [0.4, 0.5) is 0 Å². The van der Waals surface area contributed by atoms with Gasteiger partial charge in [0.2, 0.25) is 16.8 Å². The first kappa shape index (κ1) is 20.2. The molecule has 4 rings (SSSR count). The number of carbonyl (C=O) groups excluding carboxylic acids is 1. The molecule has 0 aromatic heterocycles. The number of hydrogen-bond acceptors (Lipinski definition) is 7. The molecule has 0 atom stereocenters. The number of fused-ring (bicyclic) bond motifs is 1. The van der Waals surface area contributed by atoms with Crippen LogP contribution in [0.15, 0.2) is 53.9 Å². The summed E-state index contributed by atoms with van der Waals surface area (Å²) in [6, 6.07) is 11.2.